The third-order valence-corrected chi connectivity index (χ3v) is 5.44. The first-order valence-electron chi connectivity index (χ1n) is 8.30. The van der Waals surface area contributed by atoms with Gasteiger partial charge in [0.25, 0.3) is 0 Å². The predicted molar refractivity (Wildman–Crippen MR) is 109 cm³/mol. The number of carbonyl (C=O) groups is 1. The highest BCUT2D eigenvalue weighted by molar-refractivity contribution is 9.10. The Morgan fingerprint density at radius 1 is 1.38 bits per heavy atom. The van der Waals surface area contributed by atoms with Crippen LogP contribution in [0.5, 0.6) is 0 Å². The third-order valence-electron chi connectivity index (χ3n) is 3.59. The van der Waals surface area contributed by atoms with Gasteiger partial charge in [-0.25, -0.2) is 9.78 Å². The number of hydrogen-bond acceptors (Lipinski definition) is 5. The van der Waals surface area contributed by atoms with E-state index >= 15 is 0 Å². The summed E-state index contributed by atoms with van der Waals surface area (Å²) in [6.45, 7) is 6.61. The average Bonchev–Trinajstić information content (AvgIpc) is 3.02. The summed E-state index contributed by atoms with van der Waals surface area (Å²) in [5, 5.41) is 7.40. The van der Waals surface area contributed by atoms with Crippen molar-refractivity contribution in [3.63, 3.8) is 0 Å². The van der Waals surface area contributed by atoms with Crippen molar-refractivity contribution in [1.82, 2.24) is 15.6 Å². The maximum absolute atomic E-state index is 12.0. The Morgan fingerprint density at radius 2 is 2.08 bits per heavy atom. The number of aryl methyl sites for hydroxylation is 1. The summed E-state index contributed by atoms with van der Waals surface area (Å²) in [5.74, 6) is 0.352. The minimum Gasteiger partial charge on any atom is -0.462 e. The Balaban J connectivity index is 1.98. The molecule has 0 spiro atoms. The lowest BCUT2D eigenvalue weighted by Crippen LogP contribution is -2.38. The van der Waals surface area contributed by atoms with E-state index in [9.17, 15) is 4.79 Å². The highest BCUT2D eigenvalue weighted by atomic mass is 79.9. The Bertz CT molecular complexity index is 774. The summed E-state index contributed by atoms with van der Waals surface area (Å²) in [7, 11) is 1.72. The summed E-state index contributed by atoms with van der Waals surface area (Å²) in [6, 6.07) is 8.02. The Hall–Kier alpha value is -1.93. The lowest BCUT2D eigenvalue weighted by atomic mass is 10.2. The number of nitrogens with zero attached hydrogens (tertiary/aromatic N) is 2. The second-order valence-corrected chi connectivity index (χ2v) is 7.55. The molecule has 1 unspecified atom stereocenters. The van der Waals surface area contributed by atoms with Gasteiger partial charge in [-0.15, -0.1) is 11.3 Å². The molecule has 6 nitrogen and oxygen atoms in total. The number of aromatic nitrogens is 1. The number of halogens is 1. The van der Waals surface area contributed by atoms with Gasteiger partial charge < -0.3 is 15.4 Å². The molecule has 0 saturated carbocycles. The second-order valence-electron chi connectivity index (χ2n) is 5.61. The Kier molecular flexibility index (Phi) is 7.59. The number of hydrogen-bond donors (Lipinski definition) is 2. The van der Waals surface area contributed by atoms with Crippen LogP contribution >= 0.6 is 27.3 Å². The van der Waals surface area contributed by atoms with E-state index in [0.29, 0.717) is 29.7 Å². The molecule has 0 radical (unpaired) electrons. The number of esters is 1. The van der Waals surface area contributed by atoms with Gasteiger partial charge in [-0.3, -0.25) is 4.99 Å². The molecule has 2 N–H and O–H groups in total. The topological polar surface area (TPSA) is 75.6 Å². The smallest absolute Gasteiger partial charge is 0.350 e. The first-order chi connectivity index (χ1) is 12.4. The average molecular weight is 439 g/mol. The first-order valence-corrected chi connectivity index (χ1v) is 9.91. The van der Waals surface area contributed by atoms with Crippen LogP contribution in [0.2, 0.25) is 0 Å². The molecular formula is C18H23BrN4O2S. The summed E-state index contributed by atoms with van der Waals surface area (Å²) in [6.07, 6.45) is 0. The maximum Gasteiger partial charge on any atom is 0.350 e. The SMILES string of the molecule is CCOC(=O)c1sc(C(C)NC(=NC)NCc2ccc(Br)cc2)nc1C. The van der Waals surface area contributed by atoms with E-state index in [4.69, 9.17) is 4.74 Å². The monoisotopic (exact) mass is 438 g/mol. The molecule has 8 heteroatoms. The third kappa shape index (κ3) is 5.54. The lowest BCUT2D eigenvalue weighted by Gasteiger charge is -2.16. The predicted octanol–water partition coefficient (Wildman–Crippen LogP) is 3.82. The van der Waals surface area contributed by atoms with Crippen molar-refractivity contribution in [2.75, 3.05) is 13.7 Å². The molecule has 0 aliphatic rings. The van der Waals surface area contributed by atoms with Gasteiger partial charge >= 0.3 is 5.97 Å². The quantitative estimate of drug-likeness (QED) is 0.407. The molecule has 140 valence electrons. The Morgan fingerprint density at radius 3 is 2.69 bits per heavy atom. The highest BCUT2D eigenvalue weighted by Crippen LogP contribution is 2.24. The second kappa shape index (κ2) is 9.68. The van der Waals surface area contributed by atoms with Gasteiger partial charge in [0.15, 0.2) is 5.96 Å². The molecule has 0 saturated heterocycles. The van der Waals surface area contributed by atoms with Crippen molar-refractivity contribution >= 4 is 39.2 Å². The molecule has 2 aromatic rings. The van der Waals surface area contributed by atoms with E-state index in [-0.39, 0.29) is 12.0 Å². The van der Waals surface area contributed by atoms with Crippen LogP contribution in [0.3, 0.4) is 0 Å². The van der Waals surface area contributed by atoms with E-state index in [1.165, 1.54) is 11.3 Å². The van der Waals surface area contributed by atoms with Crippen molar-refractivity contribution in [3.05, 3.63) is 49.9 Å². The van der Waals surface area contributed by atoms with Gasteiger partial charge in [0.2, 0.25) is 0 Å². The van der Waals surface area contributed by atoms with Crippen LogP contribution in [0.4, 0.5) is 0 Å². The molecule has 0 fully saturated rings. The fraction of sp³-hybridized carbons (Fsp3) is 0.389. The zero-order valence-corrected chi connectivity index (χ0v) is 17.7. The summed E-state index contributed by atoms with van der Waals surface area (Å²) in [4.78, 5) is 21.2. The number of guanidine groups is 1. The van der Waals surface area contributed by atoms with Gasteiger partial charge in [-0.1, -0.05) is 28.1 Å². The van der Waals surface area contributed by atoms with Crippen molar-refractivity contribution in [2.24, 2.45) is 4.99 Å². The van der Waals surface area contributed by atoms with Gasteiger partial charge in [-0.2, -0.15) is 0 Å². The molecule has 0 amide bonds. The molecule has 0 bridgehead atoms. The van der Waals surface area contributed by atoms with Crippen LogP contribution in [-0.4, -0.2) is 30.6 Å². The largest absolute Gasteiger partial charge is 0.462 e. The normalized spacial score (nSPS) is 12.6. The number of carbonyl (C=O) groups excluding carboxylic acids is 1. The van der Waals surface area contributed by atoms with E-state index in [0.717, 1.165) is 15.0 Å². The summed E-state index contributed by atoms with van der Waals surface area (Å²) < 4.78 is 6.12. The zero-order valence-electron chi connectivity index (χ0n) is 15.3. The number of nitrogens with one attached hydrogen (secondary N) is 2. The number of rotatable bonds is 6. The van der Waals surface area contributed by atoms with Crippen LogP contribution in [-0.2, 0) is 11.3 Å². The van der Waals surface area contributed by atoms with Crippen molar-refractivity contribution in [3.8, 4) is 0 Å². The van der Waals surface area contributed by atoms with Crippen molar-refractivity contribution in [2.45, 2.75) is 33.4 Å². The number of aliphatic imine (C=N–C) groups is 1. The van der Waals surface area contributed by atoms with Crippen LogP contribution in [0.15, 0.2) is 33.7 Å². The van der Waals surface area contributed by atoms with E-state index in [1.54, 1.807) is 14.0 Å². The van der Waals surface area contributed by atoms with E-state index in [1.807, 2.05) is 38.1 Å². The van der Waals surface area contributed by atoms with Gasteiger partial charge in [0, 0.05) is 18.1 Å². The molecule has 1 atom stereocenters. The van der Waals surface area contributed by atoms with Gasteiger partial charge in [-0.05, 0) is 38.5 Å². The minimum absolute atomic E-state index is 0.0852. The molecule has 0 aliphatic heterocycles. The Labute approximate surface area is 166 Å². The summed E-state index contributed by atoms with van der Waals surface area (Å²) >= 11 is 4.78. The lowest BCUT2D eigenvalue weighted by molar-refractivity contribution is 0.0531. The molecule has 2 rings (SSSR count). The van der Waals surface area contributed by atoms with E-state index in [2.05, 4.69) is 36.5 Å². The standard InChI is InChI=1S/C18H23BrN4O2S/c1-5-25-17(24)15-11(2)22-16(26-15)12(3)23-18(20-4)21-10-13-6-8-14(19)9-7-13/h6-9,12H,5,10H2,1-4H3,(H2,20,21,23). The summed E-state index contributed by atoms with van der Waals surface area (Å²) in [5.41, 5.74) is 1.84. The van der Waals surface area contributed by atoms with Crippen molar-refractivity contribution in [1.29, 1.82) is 0 Å². The highest BCUT2D eigenvalue weighted by Gasteiger charge is 2.20. The fourth-order valence-electron chi connectivity index (χ4n) is 2.24. The van der Waals surface area contributed by atoms with Gasteiger partial charge in [0.05, 0.1) is 18.3 Å². The number of ether oxygens (including phenoxy) is 1. The van der Waals surface area contributed by atoms with Crippen LogP contribution in [0.1, 0.15) is 45.8 Å². The maximum atomic E-state index is 12.0. The molecule has 26 heavy (non-hydrogen) atoms. The number of benzene rings is 1. The van der Waals surface area contributed by atoms with E-state index < -0.39 is 0 Å². The molecule has 0 aliphatic carbocycles. The first kappa shape index (κ1) is 20.4. The minimum atomic E-state index is -0.321. The van der Waals surface area contributed by atoms with Crippen LogP contribution < -0.4 is 10.6 Å². The van der Waals surface area contributed by atoms with Crippen molar-refractivity contribution < 1.29 is 9.53 Å². The van der Waals surface area contributed by atoms with Crippen LogP contribution in [0, 0.1) is 6.92 Å². The molecule has 1 aromatic carbocycles. The molecule has 1 aromatic heterocycles. The molecular weight excluding hydrogens is 416 g/mol. The number of thiazole rings is 1. The molecule has 1 heterocycles. The van der Waals surface area contributed by atoms with Gasteiger partial charge in [0.1, 0.15) is 9.88 Å². The fourth-order valence-corrected chi connectivity index (χ4v) is 3.47. The van der Waals surface area contributed by atoms with Crippen LogP contribution in [0.25, 0.3) is 0 Å². The zero-order chi connectivity index (χ0) is 19.1.